The summed E-state index contributed by atoms with van der Waals surface area (Å²) < 4.78 is 5.55. The molecule has 1 aromatic heterocycles. The van der Waals surface area contributed by atoms with Gasteiger partial charge in [-0.05, 0) is 37.3 Å². The monoisotopic (exact) mass is 287 g/mol. The van der Waals surface area contributed by atoms with E-state index in [1.54, 1.807) is 30.3 Å². The molecule has 0 saturated carbocycles. The molecule has 0 saturated heterocycles. The van der Waals surface area contributed by atoms with E-state index in [2.05, 4.69) is 27.3 Å². The van der Waals surface area contributed by atoms with E-state index >= 15 is 0 Å². The highest BCUT2D eigenvalue weighted by Gasteiger charge is 2.11. The molecular weight excluding hydrogens is 270 g/mol. The topological polar surface area (TPSA) is 81.9 Å². The Labute approximate surface area is 122 Å². The Morgan fingerprint density at radius 1 is 1.52 bits per heavy atom. The third kappa shape index (κ3) is 4.13. The number of carbonyl (C=O) groups excluding carboxylic acids is 1. The van der Waals surface area contributed by atoms with E-state index in [0.29, 0.717) is 17.9 Å². The smallest absolute Gasteiger partial charge is 0.270 e. The van der Waals surface area contributed by atoms with Crippen LogP contribution in [0.5, 0.6) is 5.75 Å². The fourth-order valence-electron chi connectivity index (χ4n) is 1.64. The van der Waals surface area contributed by atoms with Crippen LogP contribution in [-0.2, 0) is 6.54 Å². The zero-order valence-corrected chi connectivity index (χ0v) is 12.0. The van der Waals surface area contributed by atoms with Gasteiger partial charge in [0.15, 0.2) is 0 Å². The fourth-order valence-corrected chi connectivity index (χ4v) is 1.64. The maximum absolute atomic E-state index is 12.1. The molecule has 2 aromatic rings. The van der Waals surface area contributed by atoms with E-state index in [-0.39, 0.29) is 18.0 Å². The number of tetrazole rings is 1. The van der Waals surface area contributed by atoms with Crippen molar-refractivity contribution < 1.29 is 9.53 Å². The molecule has 0 unspecified atom stereocenters. The fraction of sp³-hybridized carbons (Fsp3) is 0.286. The van der Waals surface area contributed by atoms with Crippen LogP contribution in [0.25, 0.3) is 0 Å². The SMILES string of the molecule is C=CCn1nnc(NC(=O)c2cccc(OC(C)C)c2)n1. The number of rotatable bonds is 6. The van der Waals surface area contributed by atoms with Gasteiger partial charge in [0.05, 0.1) is 12.6 Å². The van der Waals surface area contributed by atoms with Crippen molar-refractivity contribution in [2.75, 3.05) is 5.32 Å². The van der Waals surface area contributed by atoms with Crippen molar-refractivity contribution in [3.63, 3.8) is 0 Å². The summed E-state index contributed by atoms with van der Waals surface area (Å²) in [6.07, 6.45) is 1.68. The number of amides is 1. The summed E-state index contributed by atoms with van der Waals surface area (Å²) in [6.45, 7) is 7.86. The first-order valence-electron chi connectivity index (χ1n) is 6.55. The average Bonchev–Trinajstić information content (AvgIpc) is 2.86. The summed E-state index contributed by atoms with van der Waals surface area (Å²) in [4.78, 5) is 13.4. The van der Waals surface area contributed by atoms with Gasteiger partial charge >= 0.3 is 0 Å². The maximum Gasteiger partial charge on any atom is 0.270 e. The van der Waals surface area contributed by atoms with E-state index in [0.717, 1.165) is 0 Å². The largest absolute Gasteiger partial charge is 0.491 e. The Kier molecular flexibility index (Phi) is 4.65. The number of nitrogens with zero attached hydrogens (tertiary/aromatic N) is 4. The molecule has 1 heterocycles. The minimum Gasteiger partial charge on any atom is -0.491 e. The molecule has 7 nitrogen and oxygen atoms in total. The molecule has 1 aromatic carbocycles. The zero-order valence-electron chi connectivity index (χ0n) is 12.0. The minimum absolute atomic E-state index is 0.0452. The van der Waals surface area contributed by atoms with Gasteiger partial charge in [-0.1, -0.05) is 17.2 Å². The van der Waals surface area contributed by atoms with Crippen molar-refractivity contribution >= 4 is 11.9 Å². The van der Waals surface area contributed by atoms with Crippen LogP contribution in [0.2, 0.25) is 0 Å². The van der Waals surface area contributed by atoms with Gasteiger partial charge in [0.1, 0.15) is 5.75 Å². The highest BCUT2D eigenvalue weighted by atomic mass is 16.5. The van der Waals surface area contributed by atoms with E-state index in [1.807, 2.05) is 13.8 Å². The number of nitrogens with one attached hydrogen (secondary N) is 1. The van der Waals surface area contributed by atoms with Gasteiger partial charge in [0.25, 0.3) is 11.9 Å². The number of hydrogen-bond donors (Lipinski definition) is 1. The molecule has 0 aliphatic carbocycles. The van der Waals surface area contributed by atoms with Crippen molar-refractivity contribution in [2.24, 2.45) is 0 Å². The number of aromatic nitrogens is 4. The van der Waals surface area contributed by atoms with Crippen molar-refractivity contribution in [2.45, 2.75) is 26.5 Å². The number of allylic oxidation sites excluding steroid dienone is 1. The van der Waals surface area contributed by atoms with Crippen molar-refractivity contribution in [3.05, 3.63) is 42.5 Å². The molecule has 0 atom stereocenters. The average molecular weight is 287 g/mol. The van der Waals surface area contributed by atoms with Gasteiger partial charge in [0, 0.05) is 5.56 Å². The third-order valence-corrected chi connectivity index (χ3v) is 2.44. The lowest BCUT2D eigenvalue weighted by atomic mass is 10.2. The van der Waals surface area contributed by atoms with Crippen LogP contribution in [0, 0.1) is 0 Å². The number of carbonyl (C=O) groups is 1. The Morgan fingerprint density at radius 3 is 3.05 bits per heavy atom. The summed E-state index contributed by atoms with van der Waals surface area (Å²) in [5, 5.41) is 14.1. The maximum atomic E-state index is 12.1. The third-order valence-electron chi connectivity index (χ3n) is 2.44. The summed E-state index contributed by atoms with van der Waals surface area (Å²) in [5.41, 5.74) is 0.466. The van der Waals surface area contributed by atoms with Gasteiger partial charge in [-0.25, -0.2) is 0 Å². The quantitative estimate of drug-likeness (QED) is 0.820. The molecule has 21 heavy (non-hydrogen) atoms. The lowest BCUT2D eigenvalue weighted by molar-refractivity contribution is 0.102. The van der Waals surface area contributed by atoms with E-state index < -0.39 is 0 Å². The summed E-state index contributed by atoms with van der Waals surface area (Å²) >= 11 is 0. The zero-order chi connectivity index (χ0) is 15.2. The first-order valence-corrected chi connectivity index (χ1v) is 6.55. The molecule has 0 fully saturated rings. The number of hydrogen-bond acceptors (Lipinski definition) is 5. The van der Waals surface area contributed by atoms with Crippen LogP contribution in [0.15, 0.2) is 36.9 Å². The number of anilines is 1. The first kappa shape index (κ1) is 14.7. The predicted molar refractivity (Wildman–Crippen MR) is 78.2 cm³/mol. The van der Waals surface area contributed by atoms with Crippen LogP contribution < -0.4 is 10.1 Å². The summed E-state index contributed by atoms with van der Waals surface area (Å²) in [7, 11) is 0. The second-order valence-electron chi connectivity index (χ2n) is 4.61. The summed E-state index contributed by atoms with van der Waals surface area (Å²) in [6, 6.07) is 6.92. The molecule has 0 aliphatic rings. The Morgan fingerprint density at radius 2 is 2.33 bits per heavy atom. The van der Waals surface area contributed by atoms with Gasteiger partial charge in [0.2, 0.25) is 0 Å². The van der Waals surface area contributed by atoms with E-state index in [4.69, 9.17) is 4.74 Å². The van der Waals surface area contributed by atoms with Gasteiger partial charge < -0.3 is 4.74 Å². The second-order valence-corrected chi connectivity index (χ2v) is 4.61. The minimum atomic E-state index is -0.317. The van der Waals surface area contributed by atoms with Gasteiger partial charge in [-0.2, -0.15) is 4.80 Å². The molecule has 0 aliphatic heterocycles. The van der Waals surface area contributed by atoms with E-state index in [1.165, 1.54) is 4.80 Å². The van der Waals surface area contributed by atoms with Crippen molar-refractivity contribution in [3.8, 4) is 5.75 Å². The summed E-state index contributed by atoms with van der Waals surface area (Å²) in [5.74, 6) is 0.473. The van der Waals surface area contributed by atoms with Gasteiger partial charge in [-0.15, -0.1) is 11.7 Å². The number of ether oxygens (including phenoxy) is 1. The molecule has 7 heteroatoms. The van der Waals surface area contributed by atoms with Crippen LogP contribution in [0.3, 0.4) is 0 Å². The number of benzene rings is 1. The predicted octanol–water partition coefficient (Wildman–Crippen LogP) is 1.90. The standard InChI is InChI=1S/C14H17N5O2/c1-4-8-19-17-14(16-18-19)15-13(20)11-6-5-7-12(9-11)21-10(2)3/h4-7,9-10H,1,8H2,2-3H3,(H,15,17,20). The second kappa shape index (κ2) is 6.65. The molecule has 1 amide bonds. The molecule has 0 spiro atoms. The molecule has 0 bridgehead atoms. The van der Waals surface area contributed by atoms with Gasteiger partial charge in [-0.3, -0.25) is 10.1 Å². The lowest BCUT2D eigenvalue weighted by Crippen LogP contribution is -2.14. The van der Waals surface area contributed by atoms with Crippen molar-refractivity contribution in [1.29, 1.82) is 0 Å². The van der Waals surface area contributed by atoms with E-state index in [9.17, 15) is 4.79 Å². The van der Waals surface area contributed by atoms with Crippen LogP contribution >= 0.6 is 0 Å². The lowest BCUT2D eigenvalue weighted by Gasteiger charge is -2.10. The normalized spacial score (nSPS) is 10.4. The molecule has 2 rings (SSSR count). The highest BCUT2D eigenvalue weighted by molar-refractivity contribution is 6.03. The first-order chi connectivity index (χ1) is 10.1. The molecule has 1 N–H and O–H groups in total. The highest BCUT2D eigenvalue weighted by Crippen LogP contribution is 2.15. The Bertz CT molecular complexity index is 636. The molecule has 110 valence electrons. The Hall–Kier alpha value is -2.70. The van der Waals surface area contributed by atoms with Crippen LogP contribution in [0.1, 0.15) is 24.2 Å². The molecular formula is C14H17N5O2. The van der Waals surface area contributed by atoms with Crippen molar-refractivity contribution in [1.82, 2.24) is 20.2 Å². The molecule has 0 radical (unpaired) electrons. The Balaban J connectivity index is 2.06. The van der Waals surface area contributed by atoms with Crippen LogP contribution in [0.4, 0.5) is 5.95 Å². The van der Waals surface area contributed by atoms with Crippen LogP contribution in [-0.4, -0.2) is 32.2 Å².